The monoisotopic (exact) mass is 195 g/mol. The second-order valence-corrected chi connectivity index (χ2v) is 4.96. The first-order chi connectivity index (χ1) is 5.52. The van der Waals surface area contributed by atoms with Crippen LogP contribution in [-0.4, -0.2) is 32.4 Å². The maximum atomic E-state index is 10.9. The Balaban J connectivity index is 3.68. The smallest absolute Gasteiger partial charge is 0.211 e. The lowest BCUT2D eigenvalue weighted by Crippen LogP contribution is -2.29. The zero-order chi connectivity index (χ0) is 9.61. The molecule has 0 aromatic rings. The Bertz CT molecular complexity index is 201. The van der Waals surface area contributed by atoms with E-state index in [1.807, 2.05) is 6.92 Å². The molecule has 4 nitrogen and oxygen atoms in total. The van der Waals surface area contributed by atoms with Gasteiger partial charge in [0.15, 0.2) is 0 Å². The van der Waals surface area contributed by atoms with Gasteiger partial charge in [0, 0.05) is 13.2 Å². The molecule has 0 spiro atoms. The molecule has 0 aliphatic carbocycles. The van der Waals surface area contributed by atoms with Crippen LogP contribution in [0.5, 0.6) is 0 Å². The third kappa shape index (κ3) is 5.51. The van der Waals surface area contributed by atoms with Gasteiger partial charge in [0.05, 0.1) is 5.75 Å². The summed E-state index contributed by atoms with van der Waals surface area (Å²) in [6, 6.07) is 0. The van der Waals surface area contributed by atoms with Crippen molar-refractivity contribution in [1.29, 1.82) is 0 Å². The van der Waals surface area contributed by atoms with Gasteiger partial charge in [-0.05, 0) is 19.3 Å². The molecule has 0 rings (SSSR count). The molecule has 0 aliphatic heterocycles. The summed E-state index contributed by atoms with van der Waals surface area (Å²) in [5.41, 5.74) is 0. The van der Waals surface area contributed by atoms with Crippen LogP contribution in [0.1, 0.15) is 20.3 Å². The zero-order valence-corrected chi connectivity index (χ0v) is 8.39. The van der Waals surface area contributed by atoms with Crippen LogP contribution in [0.25, 0.3) is 0 Å². The van der Waals surface area contributed by atoms with Crippen molar-refractivity contribution in [2.75, 3.05) is 18.9 Å². The van der Waals surface area contributed by atoms with E-state index in [1.165, 1.54) is 0 Å². The highest BCUT2D eigenvalue weighted by molar-refractivity contribution is 7.89. The lowest BCUT2D eigenvalue weighted by Gasteiger charge is -2.10. The Morgan fingerprint density at radius 3 is 2.50 bits per heavy atom. The fraction of sp³-hybridized carbons (Fsp3) is 1.00. The molecule has 1 atom stereocenters. The van der Waals surface area contributed by atoms with Crippen molar-refractivity contribution >= 4 is 10.0 Å². The molecule has 0 saturated heterocycles. The minimum atomic E-state index is -3.06. The summed E-state index contributed by atoms with van der Waals surface area (Å²) in [5, 5.41) is 8.55. The van der Waals surface area contributed by atoms with Crippen molar-refractivity contribution in [2.24, 2.45) is 5.92 Å². The summed E-state index contributed by atoms with van der Waals surface area (Å²) in [7, 11) is -3.06. The van der Waals surface area contributed by atoms with E-state index < -0.39 is 10.0 Å². The molecule has 0 fully saturated rings. The molecule has 2 N–H and O–H groups in total. The summed E-state index contributed by atoms with van der Waals surface area (Å²) in [6.07, 6.45) is 0.631. The van der Waals surface area contributed by atoms with Crippen molar-refractivity contribution in [2.45, 2.75) is 20.3 Å². The van der Waals surface area contributed by atoms with Crippen molar-refractivity contribution in [1.82, 2.24) is 4.72 Å². The minimum absolute atomic E-state index is 0.106. The minimum Gasteiger partial charge on any atom is -0.396 e. The Hall–Kier alpha value is -0.130. The van der Waals surface area contributed by atoms with Crippen LogP contribution in [-0.2, 0) is 10.0 Å². The number of aliphatic hydroxyl groups is 1. The lowest BCUT2D eigenvalue weighted by atomic mass is 10.1. The number of rotatable bonds is 6. The molecule has 0 bridgehead atoms. The highest BCUT2D eigenvalue weighted by atomic mass is 32.2. The molecule has 5 heteroatoms. The van der Waals surface area contributed by atoms with Crippen LogP contribution in [0.3, 0.4) is 0 Å². The second-order valence-electron chi connectivity index (χ2n) is 2.87. The molecule has 0 radical (unpaired) electrons. The molecule has 74 valence electrons. The second kappa shape index (κ2) is 5.50. The molecular formula is C7H17NO3S. The molecule has 0 aliphatic rings. The third-order valence-corrected chi connectivity index (χ3v) is 3.02. The fourth-order valence-electron chi connectivity index (χ4n) is 0.694. The van der Waals surface area contributed by atoms with Crippen LogP contribution in [0.2, 0.25) is 0 Å². The SMILES string of the molecule is CCS(=O)(=O)NCC(C)CCO. The summed E-state index contributed by atoms with van der Waals surface area (Å²) >= 11 is 0. The maximum Gasteiger partial charge on any atom is 0.211 e. The van der Waals surface area contributed by atoms with Crippen molar-refractivity contribution in [3.05, 3.63) is 0 Å². The van der Waals surface area contributed by atoms with Gasteiger partial charge >= 0.3 is 0 Å². The van der Waals surface area contributed by atoms with Crippen LogP contribution in [0.4, 0.5) is 0 Å². The predicted molar refractivity (Wildman–Crippen MR) is 48.3 cm³/mol. The van der Waals surface area contributed by atoms with Crippen molar-refractivity contribution in [3.8, 4) is 0 Å². The number of hydrogen-bond acceptors (Lipinski definition) is 3. The number of hydrogen-bond donors (Lipinski definition) is 2. The largest absolute Gasteiger partial charge is 0.396 e. The van der Waals surface area contributed by atoms with Gasteiger partial charge in [0.1, 0.15) is 0 Å². The maximum absolute atomic E-state index is 10.9. The number of nitrogens with one attached hydrogen (secondary N) is 1. The molecule has 0 heterocycles. The van der Waals surface area contributed by atoms with Crippen molar-refractivity contribution in [3.63, 3.8) is 0 Å². The van der Waals surface area contributed by atoms with E-state index in [2.05, 4.69) is 4.72 Å². The molecule has 1 unspecified atom stereocenters. The normalized spacial score (nSPS) is 14.6. The van der Waals surface area contributed by atoms with Crippen molar-refractivity contribution < 1.29 is 13.5 Å². The van der Waals surface area contributed by atoms with Crippen LogP contribution in [0.15, 0.2) is 0 Å². The van der Waals surface area contributed by atoms with Gasteiger partial charge < -0.3 is 5.11 Å². The first-order valence-corrected chi connectivity index (χ1v) is 5.75. The van der Waals surface area contributed by atoms with Crippen LogP contribution >= 0.6 is 0 Å². The standard InChI is InChI=1S/C7H17NO3S/c1-3-12(10,11)8-6-7(2)4-5-9/h7-9H,3-6H2,1-2H3. The molecule has 0 saturated carbocycles. The molecular weight excluding hydrogens is 178 g/mol. The van der Waals surface area contributed by atoms with Gasteiger partial charge in [-0.3, -0.25) is 0 Å². The molecule has 0 aromatic carbocycles. The Morgan fingerprint density at radius 2 is 2.08 bits per heavy atom. The first-order valence-electron chi connectivity index (χ1n) is 4.10. The zero-order valence-electron chi connectivity index (χ0n) is 7.58. The number of sulfonamides is 1. The van der Waals surface area contributed by atoms with E-state index in [4.69, 9.17) is 5.11 Å². The van der Waals surface area contributed by atoms with Gasteiger partial charge in [0.2, 0.25) is 10.0 Å². The summed E-state index contributed by atoms with van der Waals surface area (Å²) in [5.74, 6) is 0.301. The lowest BCUT2D eigenvalue weighted by molar-refractivity contribution is 0.263. The average Bonchev–Trinajstić information content (AvgIpc) is 2.02. The first kappa shape index (κ1) is 11.9. The van der Waals surface area contributed by atoms with Gasteiger partial charge in [-0.15, -0.1) is 0 Å². The summed E-state index contributed by atoms with van der Waals surface area (Å²) < 4.78 is 24.3. The topological polar surface area (TPSA) is 66.4 Å². The fourth-order valence-corrected chi connectivity index (χ4v) is 1.44. The third-order valence-electron chi connectivity index (χ3n) is 1.65. The Morgan fingerprint density at radius 1 is 1.50 bits per heavy atom. The average molecular weight is 195 g/mol. The Kier molecular flexibility index (Phi) is 5.44. The highest BCUT2D eigenvalue weighted by Crippen LogP contribution is 1.98. The highest BCUT2D eigenvalue weighted by Gasteiger charge is 2.08. The van der Waals surface area contributed by atoms with Gasteiger partial charge in [-0.1, -0.05) is 6.92 Å². The summed E-state index contributed by atoms with van der Waals surface area (Å²) in [6.45, 7) is 4.01. The molecule has 0 amide bonds. The van der Waals surface area contributed by atoms with E-state index in [-0.39, 0.29) is 18.3 Å². The van der Waals surface area contributed by atoms with Crippen LogP contribution < -0.4 is 4.72 Å². The van der Waals surface area contributed by atoms with Crippen LogP contribution in [0, 0.1) is 5.92 Å². The summed E-state index contributed by atoms with van der Waals surface area (Å²) in [4.78, 5) is 0. The van der Waals surface area contributed by atoms with E-state index in [1.54, 1.807) is 6.92 Å². The van der Waals surface area contributed by atoms with Gasteiger partial charge in [-0.25, -0.2) is 13.1 Å². The van der Waals surface area contributed by atoms with E-state index in [0.29, 0.717) is 13.0 Å². The molecule has 12 heavy (non-hydrogen) atoms. The van der Waals surface area contributed by atoms with Gasteiger partial charge in [0.25, 0.3) is 0 Å². The number of aliphatic hydroxyl groups excluding tert-OH is 1. The quantitative estimate of drug-likeness (QED) is 0.624. The van der Waals surface area contributed by atoms with E-state index in [0.717, 1.165) is 0 Å². The van der Waals surface area contributed by atoms with Gasteiger partial charge in [-0.2, -0.15) is 0 Å². The Labute approximate surface area is 74.0 Å². The van der Waals surface area contributed by atoms with E-state index >= 15 is 0 Å². The van der Waals surface area contributed by atoms with E-state index in [9.17, 15) is 8.42 Å². The molecule has 0 aromatic heterocycles. The predicted octanol–water partition coefficient (Wildman–Crippen LogP) is -0.0558.